The van der Waals surface area contributed by atoms with Crippen LogP contribution < -0.4 is 40.2 Å². The van der Waals surface area contributed by atoms with E-state index >= 15 is 0 Å². The maximum Gasteiger partial charge on any atom is 0.361 e. The number of likely N-dealkylation sites (tertiary alicyclic amines) is 2. The Hall–Kier alpha value is -1.53. The molecule has 53 heavy (non-hydrogen) atoms. The van der Waals surface area contributed by atoms with Gasteiger partial charge in [0.05, 0.1) is 55.7 Å². The molecular weight excluding hydrogens is 719 g/mol. The third kappa shape index (κ3) is 8.04. The number of quaternary nitrogens is 2. The van der Waals surface area contributed by atoms with E-state index < -0.39 is 28.1 Å². The molecule has 4 saturated carbocycles. The summed E-state index contributed by atoms with van der Waals surface area (Å²) in [7, 11) is 0. The standard InChI is InChI=1S/C41H62N2O8.2ClH/c1-38-15-8-34-35(41(38,49)18-10-33(38)31-5-6-36(46)50-27-31)9-17-40(48)25-32(7-16-39(34,40)28-45)51-37(47)26-43-21-13-30(14-22-43)4-2-3-29-11-19-42(20-12-29)23-24-44;;/h5-6,27-30,32-35,44,48-49H,2-4,7-26H2,1H3;2*1H. The summed E-state index contributed by atoms with van der Waals surface area (Å²) in [5.41, 5.74) is -3.06. The van der Waals surface area contributed by atoms with Gasteiger partial charge >= 0.3 is 11.6 Å². The Morgan fingerprint density at radius 2 is 1.55 bits per heavy atom. The number of rotatable bonds is 11. The molecule has 12 heteroatoms. The third-order valence-electron chi connectivity index (χ3n) is 15.8. The second-order valence-corrected chi connectivity index (χ2v) is 18.1. The topological polar surface area (TPSA) is 143 Å². The molecule has 8 atom stereocenters. The summed E-state index contributed by atoms with van der Waals surface area (Å²) in [6.45, 7) is 8.09. The van der Waals surface area contributed by atoms with E-state index in [1.807, 2.05) is 6.07 Å². The minimum atomic E-state index is -1.26. The zero-order valence-corrected chi connectivity index (χ0v) is 33.2. The molecule has 0 bridgehead atoms. The van der Waals surface area contributed by atoms with Crippen LogP contribution in [0.1, 0.15) is 121 Å². The fourth-order valence-corrected chi connectivity index (χ4v) is 12.8. The van der Waals surface area contributed by atoms with Crippen molar-refractivity contribution < 1.29 is 68.7 Å². The summed E-state index contributed by atoms with van der Waals surface area (Å²) in [5, 5.41) is 34.0. The lowest BCUT2D eigenvalue weighted by atomic mass is 9.41. The number of fused-ring (bicyclic) bond motifs is 5. The highest BCUT2D eigenvalue weighted by atomic mass is 35.5. The van der Waals surface area contributed by atoms with Gasteiger partial charge in [0, 0.05) is 17.9 Å². The van der Waals surface area contributed by atoms with Gasteiger partial charge in [-0.1, -0.05) is 26.2 Å². The number of nitrogens with one attached hydrogen (secondary N) is 2. The number of aldehydes is 1. The Morgan fingerprint density at radius 3 is 2.17 bits per heavy atom. The van der Waals surface area contributed by atoms with Crippen LogP contribution in [0.15, 0.2) is 27.6 Å². The number of ether oxygens (including phenoxy) is 1. The largest absolute Gasteiger partial charge is 1.00 e. The lowest BCUT2D eigenvalue weighted by Gasteiger charge is -2.65. The molecule has 6 aliphatic rings. The van der Waals surface area contributed by atoms with E-state index in [-0.39, 0.29) is 60.6 Å². The number of hydrogen-bond acceptors (Lipinski definition) is 8. The first-order valence-electron chi connectivity index (χ1n) is 20.5. The third-order valence-corrected chi connectivity index (χ3v) is 15.8. The fraction of sp³-hybridized carbons (Fsp3) is 0.829. The van der Waals surface area contributed by atoms with Gasteiger partial charge in [-0.3, -0.25) is 0 Å². The van der Waals surface area contributed by atoms with Crippen molar-refractivity contribution in [2.75, 3.05) is 45.9 Å². The maximum absolute atomic E-state index is 13.2. The summed E-state index contributed by atoms with van der Waals surface area (Å²) in [5.74, 6) is 1.21. The first kappa shape index (κ1) is 42.6. The van der Waals surface area contributed by atoms with Crippen LogP contribution in [0.25, 0.3) is 0 Å². The van der Waals surface area contributed by atoms with Crippen LogP contribution in [0.2, 0.25) is 0 Å². The lowest BCUT2D eigenvalue weighted by Crippen LogP contribution is -3.14. The zero-order valence-electron chi connectivity index (χ0n) is 31.7. The SMILES string of the molecule is CC12CCC3C(CCC4(O)CC(OC(=O)C[NH+]5CCC(CCCC6CC[NH+](CCO)CC6)CC5)CCC34C=O)C1(O)CCC2c1ccc(=O)oc1.[Cl-].[Cl-]. The number of carbonyl (C=O) groups is 2. The first-order valence-corrected chi connectivity index (χ1v) is 20.5. The van der Waals surface area contributed by atoms with Gasteiger partial charge in [0.2, 0.25) is 0 Å². The smallest absolute Gasteiger partial charge is 0.361 e. The molecule has 0 radical (unpaired) electrons. The van der Waals surface area contributed by atoms with E-state index in [2.05, 4.69) is 6.92 Å². The Kier molecular flexibility index (Phi) is 13.9. The van der Waals surface area contributed by atoms with Crippen LogP contribution in [0.5, 0.6) is 0 Å². The quantitative estimate of drug-likeness (QED) is 0.113. The Labute approximate surface area is 327 Å². The Bertz CT molecular complexity index is 1430. The van der Waals surface area contributed by atoms with E-state index in [9.17, 15) is 29.7 Å². The van der Waals surface area contributed by atoms with Crippen molar-refractivity contribution in [3.63, 3.8) is 0 Å². The van der Waals surface area contributed by atoms with Crippen molar-refractivity contribution in [3.8, 4) is 0 Å². The Balaban J connectivity index is 0.00000271. The van der Waals surface area contributed by atoms with Crippen molar-refractivity contribution in [1.29, 1.82) is 0 Å². The molecule has 4 aliphatic carbocycles. The van der Waals surface area contributed by atoms with Crippen LogP contribution in [0, 0.1) is 34.5 Å². The van der Waals surface area contributed by atoms with Crippen molar-refractivity contribution >= 4 is 12.3 Å². The minimum Gasteiger partial charge on any atom is -1.00 e. The zero-order chi connectivity index (χ0) is 35.9. The van der Waals surface area contributed by atoms with E-state index in [4.69, 9.17) is 9.15 Å². The molecule has 1 aromatic rings. The first-order chi connectivity index (χ1) is 24.5. The van der Waals surface area contributed by atoms with Gasteiger partial charge < -0.3 is 63.9 Å². The molecule has 10 nitrogen and oxygen atoms in total. The van der Waals surface area contributed by atoms with E-state index in [0.717, 1.165) is 75.4 Å². The number of aliphatic hydroxyl groups is 3. The monoisotopic (exact) mass is 782 g/mol. The van der Waals surface area contributed by atoms with Crippen molar-refractivity contribution in [2.45, 2.75) is 133 Å². The average molecular weight is 784 g/mol. The van der Waals surface area contributed by atoms with E-state index in [1.54, 1.807) is 11.2 Å². The van der Waals surface area contributed by atoms with Crippen molar-refractivity contribution in [1.82, 2.24) is 0 Å². The molecule has 2 aliphatic heterocycles. The highest BCUT2D eigenvalue weighted by Crippen LogP contribution is 2.71. The van der Waals surface area contributed by atoms with E-state index in [0.29, 0.717) is 45.3 Å². The van der Waals surface area contributed by atoms with Crippen LogP contribution in [0.4, 0.5) is 0 Å². The molecule has 3 heterocycles. The highest BCUT2D eigenvalue weighted by molar-refractivity contribution is 5.70. The molecule has 0 aromatic carbocycles. The molecule has 0 amide bonds. The van der Waals surface area contributed by atoms with Crippen LogP contribution in [-0.2, 0) is 14.3 Å². The second-order valence-electron chi connectivity index (χ2n) is 18.1. The average Bonchev–Trinajstić information content (AvgIpc) is 3.40. The highest BCUT2D eigenvalue weighted by Gasteiger charge is 2.71. The summed E-state index contributed by atoms with van der Waals surface area (Å²) in [6.07, 6.45) is 16.2. The summed E-state index contributed by atoms with van der Waals surface area (Å²) in [4.78, 5) is 40.9. The molecule has 1 aromatic heterocycles. The number of esters is 1. The maximum atomic E-state index is 13.2. The van der Waals surface area contributed by atoms with E-state index in [1.165, 1.54) is 56.2 Å². The number of piperidine rings is 2. The van der Waals surface area contributed by atoms with Crippen molar-refractivity contribution in [2.24, 2.45) is 34.5 Å². The molecule has 5 N–H and O–H groups in total. The number of hydrogen-bond donors (Lipinski definition) is 5. The van der Waals surface area contributed by atoms with Crippen LogP contribution >= 0.6 is 0 Å². The molecule has 6 fully saturated rings. The molecule has 8 unspecified atom stereocenters. The van der Waals surface area contributed by atoms with Gasteiger partial charge in [0.15, 0.2) is 6.54 Å². The molecule has 7 rings (SSSR count). The van der Waals surface area contributed by atoms with Gasteiger partial charge in [-0.25, -0.2) is 9.59 Å². The van der Waals surface area contributed by atoms with Gasteiger partial charge in [-0.15, -0.1) is 0 Å². The summed E-state index contributed by atoms with van der Waals surface area (Å²) < 4.78 is 11.3. The van der Waals surface area contributed by atoms with Gasteiger partial charge in [0.25, 0.3) is 0 Å². The molecule has 300 valence electrons. The number of halogens is 2. The fourth-order valence-electron chi connectivity index (χ4n) is 12.8. The number of aliphatic hydroxyl groups excluding tert-OH is 1. The summed E-state index contributed by atoms with van der Waals surface area (Å²) in [6, 6.07) is 3.28. The minimum absolute atomic E-state index is 0. The molecule has 2 saturated heterocycles. The van der Waals surface area contributed by atoms with Gasteiger partial charge in [0.1, 0.15) is 18.9 Å². The number of carbonyl (C=O) groups excluding carboxylic acids is 2. The predicted octanol–water partition coefficient (Wildman–Crippen LogP) is -4.15. The molecular formula is C41H64Cl2N2O8. The van der Waals surface area contributed by atoms with Crippen LogP contribution in [0.3, 0.4) is 0 Å². The van der Waals surface area contributed by atoms with Gasteiger partial charge in [-0.2, -0.15) is 0 Å². The molecule has 0 spiro atoms. The predicted molar refractivity (Wildman–Crippen MR) is 190 cm³/mol. The van der Waals surface area contributed by atoms with Gasteiger partial charge in [-0.05, 0) is 118 Å². The normalized spacial score (nSPS) is 42.1. The van der Waals surface area contributed by atoms with Crippen LogP contribution in [-0.4, -0.2) is 90.8 Å². The summed E-state index contributed by atoms with van der Waals surface area (Å²) >= 11 is 0. The lowest BCUT2D eigenvalue weighted by molar-refractivity contribution is -0.906. The second kappa shape index (κ2) is 17.3. The Morgan fingerprint density at radius 1 is 0.887 bits per heavy atom. The van der Waals surface area contributed by atoms with Crippen molar-refractivity contribution in [3.05, 3.63) is 34.4 Å².